The van der Waals surface area contributed by atoms with Crippen LogP contribution in [-0.4, -0.2) is 78.7 Å². The maximum Gasteiger partial charge on any atom is 0.246 e. The summed E-state index contributed by atoms with van der Waals surface area (Å²) in [5.74, 6) is -0.0118. The number of hydrogen-bond acceptors (Lipinski definition) is 7. The lowest BCUT2D eigenvalue weighted by molar-refractivity contribution is -0.117. The summed E-state index contributed by atoms with van der Waals surface area (Å²) in [5.41, 5.74) is 7.69. The summed E-state index contributed by atoms with van der Waals surface area (Å²) in [4.78, 5) is 20.5. The quantitative estimate of drug-likeness (QED) is 0.589. The molecule has 9 nitrogen and oxygen atoms in total. The monoisotopic (exact) mass is 400 g/mol. The van der Waals surface area contributed by atoms with Crippen LogP contribution < -0.4 is 21.3 Å². The van der Waals surface area contributed by atoms with Crippen molar-refractivity contribution in [2.45, 2.75) is 37.8 Å². The average molecular weight is 401 g/mol. The number of rotatable bonds is 7. The van der Waals surface area contributed by atoms with Crippen LogP contribution in [0.3, 0.4) is 0 Å². The third-order valence-electron chi connectivity index (χ3n) is 5.98. The van der Waals surface area contributed by atoms with Gasteiger partial charge in [-0.05, 0) is 38.9 Å². The largest absolute Gasteiger partial charge is 0.368 e. The third kappa shape index (κ3) is 4.85. The van der Waals surface area contributed by atoms with E-state index < -0.39 is 11.9 Å². The molecular weight excluding hydrogens is 368 g/mol. The van der Waals surface area contributed by atoms with Crippen LogP contribution in [0.15, 0.2) is 23.6 Å². The Morgan fingerprint density at radius 1 is 1.14 bits per heavy atom. The molecule has 3 aliphatic heterocycles. The second kappa shape index (κ2) is 9.51. The molecule has 4 rings (SSSR count). The maximum absolute atomic E-state index is 12.0. The van der Waals surface area contributed by atoms with Gasteiger partial charge in [0.1, 0.15) is 6.04 Å². The molecule has 0 saturated carbocycles. The number of amides is 1. The van der Waals surface area contributed by atoms with E-state index in [0.29, 0.717) is 5.92 Å². The van der Waals surface area contributed by atoms with Crippen molar-refractivity contribution in [1.82, 2.24) is 25.3 Å². The molecule has 1 aromatic rings. The molecule has 1 amide bonds. The number of primary amides is 1. The number of hydrogen-bond donors (Lipinski definition) is 3. The Hall–Kier alpha value is -2.23. The molecule has 2 fully saturated rings. The summed E-state index contributed by atoms with van der Waals surface area (Å²) in [5, 5.41) is 11.8. The van der Waals surface area contributed by atoms with Crippen LogP contribution in [0.4, 0.5) is 5.69 Å². The Morgan fingerprint density at radius 3 is 2.66 bits per heavy atom. The number of piperazine rings is 1. The van der Waals surface area contributed by atoms with Crippen LogP contribution in [0.25, 0.3) is 0 Å². The molecule has 1 aromatic heterocycles. The van der Waals surface area contributed by atoms with Crippen molar-refractivity contribution in [3.8, 4) is 0 Å². The summed E-state index contributed by atoms with van der Waals surface area (Å²) in [6.07, 6.45) is 10.4. The van der Waals surface area contributed by atoms with Gasteiger partial charge in [-0.2, -0.15) is 5.10 Å². The second-order valence-electron chi connectivity index (χ2n) is 7.98. The summed E-state index contributed by atoms with van der Waals surface area (Å²) in [6, 6.07) is -0.570. The molecule has 3 aliphatic rings. The number of nitrogens with one attached hydrogen (secondary N) is 2. The number of aliphatic imine (C=N–C) groups is 1. The lowest BCUT2D eigenvalue weighted by Gasteiger charge is -2.29. The zero-order valence-corrected chi connectivity index (χ0v) is 17.0. The molecule has 158 valence electrons. The van der Waals surface area contributed by atoms with E-state index >= 15 is 0 Å². The van der Waals surface area contributed by atoms with E-state index in [1.165, 1.54) is 0 Å². The predicted octanol–water partition coefficient (Wildman–Crippen LogP) is -0.139. The first-order valence-electron chi connectivity index (χ1n) is 10.7. The summed E-state index contributed by atoms with van der Waals surface area (Å²) >= 11 is 0. The number of carbonyl (C=O) groups excluding carboxylic acids is 1. The number of nitrogens with two attached hydrogens (primary N) is 1. The molecule has 0 bridgehead atoms. The zero-order chi connectivity index (χ0) is 20.1. The first kappa shape index (κ1) is 20.1. The van der Waals surface area contributed by atoms with Crippen LogP contribution in [0.5, 0.6) is 0 Å². The number of anilines is 1. The van der Waals surface area contributed by atoms with Gasteiger partial charge in [0, 0.05) is 63.5 Å². The van der Waals surface area contributed by atoms with Gasteiger partial charge in [0.25, 0.3) is 0 Å². The van der Waals surface area contributed by atoms with E-state index in [1.54, 1.807) is 12.4 Å². The molecular formula is C20H32N8O. The lowest BCUT2D eigenvalue weighted by atomic mass is 9.93. The van der Waals surface area contributed by atoms with Crippen molar-refractivity contribution in [3.05, 3.63) is 24.3 Å². The zero-order valence-electron chi connectivity index (χ0n) is 17.0. The fourth-order valence-corrected chi connectivity index (χ4v) is 4.36. The molecule has 9 heteroatoms. The topological polar surface area (TPSA) is 104 Å². The van der Waals surface area contributed by atoms with Gasteiger partial charge >= 0.3 is 0 Å². The van der Waals surface area contributed by atoms with Gasteiger partial charge < -0.3 is 26.2 Å². The highest BCUT2D eigenvalue weighted by Crippen LogP contribution is 2.34. The van der Waals surface area contributed by atoms with E-state index in [-0.39, 0.29) is 0 Å². The highest BCUT2D eigenvalue weighted by atomic mass is 16.1. The molecule has 0 aromatic carbocycles. The van der Waals surface area contributed by atoms with E-state index in [2.05, 4.69) is 26.7 Å². The van der Waals surface area contributed by atoms with E-state index in [9.17, 15) is 4.79 Å². The van der Waals surface area contributed by atoms with Gasteiger partial charge in [-0.3, -0.25) is 14.5 Å². The average Bonchev–Trinajstić information content (AvgIpc) is 3.19. The summed E-state index contributed by atoms with van der Waals surface area (Å²) in [7, 11) is 0. The molecule has 0 aliphatic carbocycles. The van der Waals surface area contributed by atoms with Crippen LogP contribution in [0.1, 0.15) is 30.9 Å². The molecule has 0 radical (unpaired) electrons. The van der Waals surface area contributed by atoms with Crippen LogP contribution in [-0.2, 0) is 11.3 Å². The second-order valence-corrected chi connectivity index (χ2v) is 7.98. The molecule has 29 heavy (non-hydrogen) atoms. The highest BCUT2D eigenvalue weighted by Gasteiger charge is 2.30. The molecule has 4 heterocycles. The van der Waals surface area contributed by atoms with Crippen molar-refractivity contribution in [2.75, 3.05) is 50.7 Å². The number of carbonyl (C=O) groups is 1. The number of aromatic nitrogens is 2. The van der Waals surface area contributed by atoms with Crippen molar-refractivity contribution < 1.29 is 4.79 Å². The van der Waals surface area contributed by atoms with E-state index in [1.807, 2.05) is 15.8 Å². The van der Waals surface area contributed by atoms with Crippen LogP contribution in [0.2, 0.25) is 0 Å². The number of piperidine rings is 1. The number of aryl methyl sites for hydroxylation is 1. The Balaban J connectivity index is 1.51. The fraction of sp³-hybridized carbons (Fsp3) is 0.650. The van der Waals surface area contributed by atoms with Crippen molar-refractivity contribution in [2.24, 2.45) is 10.7 Å². The third-order valence-corrected chi connectivity index (χ3v) is 5.98. The van der Waals surface area contributed by atoms with Crippen molar-refractivity contribution in [3.63, 3.8) is 0 Å². The minimum Gasteiger partial charge on any atom is -0.368 e. The smallest absolute Gasteiger partial charge is 0.246 e. The Kier molecular flexibility index (Phi) is 6.58. The van der Waals surface area contributed by atoms with Gasteiger partial charge in [-0.1, -0.05) is 0 Å². The SMILES string of the molecule is NC(=O)C1C=NC=CN1c1cn(CCCN2CCNCC2)nc1C1CCNCC1. The van der Waals surface area contributed by atoms with Gasteiger partial charge in [-0.15, -0.1) is 0 Å². The van der Waals surface area contributed by atoms with Gasteiger partial charge in [0.15, 0.2) is 0 Å². The van der Waals surface area contributed by atoms with E-state index in [0.717, 1.165) is 83.0 Å². The summed E-state index contributed by atoms with van der Waals surface area (Å²) < 4.78 is 2.05. The first-order chi connectivity index (χ1) is 14.2. The lowest BCUT2D eigenvalue weighted by Crippen LogP contribution is -2.44. The Bertz CT molecular complexity index is 746. The normalized spacial score (nSPS) is 23.6. The molecule has 0 spiro atoms. The minimum absolute atomic E-state index is 0.390. The minimum atomic E-state index is -0.570. The Morgan fingerprint density at radius 2 is 1.90 bits per heavy atom. The first-order valence-corrected chi connectivity index (χ1v) is 10.7. The van der Waals surface area contributed by atoms with E-state index in [4.69, 9.17) is 10.8 Å². The predicted molar refractivity (Wildman–Crippen MR) is 114 cm³/mol. The van der Waals surface area contributed by atoms with Crippen LogP contribution >= 0.6 is 0 Å². The molecule has 2 saturated heterocycles. The molecule has 4 N–H and O–H groups in total. The molecule has 1 unspecified atom stereocenters. The summed E-state index contributed by atoms with van der Waals surface area (Å²) in [6.45, 7) is 8.32. The maximum atomic E-state index is 12.0. The molecule has 1 atom stereocenters. The van der Waals surface area contributed by atoms with Gasteiger partial charge in [-0.25, -0.2) is 0 Å². The Labute approximate surface area is 172 Å². The standard InChI is InChI=1S/C20H32N8O/c21-20(29)17-14-24-8-13-28(17)18-15-27(10-1-9-26-11-6-23-7-12-26)25-19(18)16-2-4-22-5-3-16/h8,13-17,22-23H,1-7,9-12H2,(H2,21,29). The van der Waals surface area contributed by atoms with Crippen molar-refractivity contribution >= 4 is 17.8 Å². The number of nitrogens with zero attached hydrogens (tertiary/aromatic N) is 5. The fourth-order valence-electron chi connectivity index (χ4n) is 4.36. The highest BCUT2D eigenvalue weighted by molar-refractivity contribution is 6.01. The van der Waals surface area contributed by atoms with Gasteiger partial charge in [0.2, 0.25) is 5.91 Å². The van der Waals surface area contributed by atoms with Crippen LogP contribution in [0, 0.1) is 0 Å². The van der Waals surface area contributed by atoms with Crippen molar-refractivity contribution in [1.29, 1.82) is 0 Å². The van der Waals surface area contributed by atoms with Gasteiger partial charge in [0.05, 0.1) is 11.4 Å².